The fourth-order valence-electron chi connectivity index (χ4n) is 1.62. The van der Waals surface area contributed by atoms with E-state index in [1.54, 1.807) is 6.20 Å². The van der Waals surface area contributed by atoms with Crippen LogP contribution in [0, 0.1) is 0 Å². The van der Waals surface area contributed by atoms with Crippen molar-refractivity contribution >= 4 is 5.95 Å². The molecule has 0 aliphatic carbocycles. The molecule has 2 rings (SSSR count). The van der Waals surface area contributed by atoms with E-state index >= 15 is 0 Å². The van der Waals surface area contributed by atoms with Crippen molar-refractivity contribution in [2.75, 3.05) is 5.73 Å². The van der Waals surface area contributed by atoms with Crippen LogP contribution < -0.4 is 10.5 Å². The summed E-state index contributed by atoms with van der Waals surface area (Å²) in [6, 6.07) is 8.03. The molecule has 4 heteroatoms. The molecule has 2 N–H and O–H groups in total. The quantitative estimate of drug-likeness (QED) is 0.878. The number of hydrogen-bond acceptors (Lipinski definition) is 3. The van der Waals surface area contributed by atoms with Crippen LogP contribution in [0.15, 0.2) is 36.7 Å². The summed E-state index contributed by atoms with van der Waals surface area (Å²) in [6.45, 7) is 4.76. The zero-order chi connectivity index (χ0) is 12.3. The molecule has 90 valence electrons. The summed E-state index contributed by atoms with van der Waals surface area (Å²) in [5, 5.41) is 0. The minimum atomic E-state index is 0.199. The van der Waals surface area contributed by atoms with E-state index in [1.807, 2.05) is 48.9 Å². The van der Waals surface area contributed by atoms with E-state index in [-0.39, 0.29) is 6.10 Å². The zero-order valence-corrected chi connectivity index (χ0v) is 10.1. The molecule has 0 aliphatic heterocycles. The van der Waals surface area contributed by atoms with Gasteiger partial charge in [0.2, 0.25) is 0 Å². The lowest BCUT2D eigenvalue weighted by Gasteiger charge is -2.10. The van der Waals surface area contributed by atoms with Crippen LogP contribution in [0.5, 0.6) is 5.75 Å². The number of benzene rings is 1. The first-order valence-electron chi connectivity index (χ1n) is 5.67. The van der Waals surface area contributed by atoms with Crippen LogP contribution >= 0.6 is 0 Å². The molecule has 1 aromatic carbocycles. The summed E-state index contributed by atoms with van der Waals surface area (Å²) in [7, 11) is 0. The summed E-state index contributed by atoms with van der Waals surface area (Å²) in [6.07, 6.45) is 3.77. The molecular weight excluding hydrogens is 214 g/mol. The monoisotopic (exact) mass is 231 g/mol. The van der Waals surface area contributed by atoms with Crippen molar-refractivity contribution in [3.8, 4) is 5.75 Å². The number of imidazole rings is 1. The van der Waals surface area contributed by atoms with Gasteiger partial charge in [-0.05, 0) is 31.5 Å². The van der Waals surface area contributed by atoms with Gasteiger partial charge in [-0.2, -0.15) is 0 Å². The molecule has 0 saturated heterocycles. The number of anilines is 1. The largest absolute Gasteiger partial charge is 0.491 e. The van der Waals surface area contributed by atoms with Crippen LogP contribution in [0.1, 0.15) is 19.4 Å². The summed E-state index contributed by atoms with van der Waals surface area (Å²) in [5.74, 6) is 1.43. The Morgan fingerprint density at radius 1 is 1.29 bits per heavy atom. The number of nitrogens with zero attached hydrogens (tertiary/aromatic N) is 2. The highest BCUT2D eigenvalue weighted by atomic mass is 16.5. The SMILES string of the molecule is CC(C)Oc1ccc(Cn2ccnc2N)cc1. The molecule has 0 fully saturated rings. The molecule has 0 aliphatic rings. The van der Waals surface area contributed by atoms with Gasteiger partial charge in [0.15, 0.2) is 5.95 Å². The van der Waals surface area contributed by atoms with Crippen molar-refractivity contribution in [3.63, 3.8) is 0 Å². The third-order valence-corrected chi connectivity index (χ3v) is 2.40. The van der Waals surface area contributed by atoms with Crippen LogP contribution in [0.25, 0.3) is 0 Å². The van der Waals surface area contributed by atoms with Crippen molar-refractivity contribution in [1.82, 2.24) is 9.55 Å². The fraction of sp³-hybridized carbons (Fsp3) is 0.308. The number of hydrogen-bond donors (Lipinski definition) is 1. The highest BCUT2D eigenvalue weighted by molar-refractivity contribution is 5.29. The van der Waals surface area contributed by atoms with Crippen LogP contribution in [-0.2, 0) is 6.54 Å². The predicted molar refractivity (Wildman–Crippen MR) is 67.9 cm³/mol. The average Bonchev–Trinajstić information content (AvgIpc) is 2.67. The zero-order valence-electron chi connectivity index (χ0n) is 10.1. The number of nitrogen functional groups attached to an aromatic ring is 1. The molecule has 2 aromatic rings. The Hall–Kier alpha value is -1.97. The molecule has 0 bridgehead atoms. The van der Waals surface area contributed by atoms with Gasteiger partial charge in [0.1, 0.15) is 5.75 Å². The number of nitrogens with two attached hydrogens (primary N) is 1. The molecule has 0 atom stereocenters. The first-order valence-corrected chi connectivity index (χ1v) is 5.67. The minimum absolute atomic E-state index is 0.199. The summed E-state index contributed by atoms with van der Waals surface area (Å²) >= 11 is 0. The smallest absolute Gasteiger partial charge is 0.200 e. The van der Waals surface area contributed by atoms with E-state index < -0.39 is 0 Å². The Labute approximate surface area is 101 Å². The molecule has 1 aromatic heterocycles. The normalized spacial score (nSPS) is 10.8. The lowest BCUT2D eigenvalue weighted by molar-refractivity contribution is 0.242. The van der Waals surface area contributed by atoms with Gasteiger partial charge in [-0.15, -0.1) is 0 Å². The third kappa shape index (κ3) is 3.00. The van der Waals surface area contributed by atoms with Gasteiger partial charge in [-0.3, -0.25) is 0 Å². The Balaban J connectivity index is 2.06. The maximum absolute atomic E-state index is 5.71. The first-order chi connectivity index (χ1) is 8.15. The summed E-state index contributed by atoms with van der Waals surface area (Å²) in [4.78, 5) is 3.99. The van der Waals surface area contributed by atoms with Crippen LogP contribution in [0.3, 0.4) is 0 Å². The highest BCUT2D eigenvalue weighted by Crippen LogP contribution is 2.15. The molecule has 0 unspecified atom stereocenters. The molecular formula is C13H17N3O. The van der Waals surface area contributed by atoms with E-state index in [2.05, 4.69) is 4.98 Å². The van der Waals surface area contributed by atoms with Crippen LogP contribution in [-0.4, -0.2) is 15.7 Å². The number of rotatable bonds is 4. The lowest BCUT2D eigenvalue weighted by Crippen LogP contribution is -2.06. The van der Waals surface area contributed by atoms with E-state index in [9.17, 15) is 0 Å². The van der Waals surface area contributed by atoms with E-state index in [4.69, 9.17) is 10.5 Å². The van der Waals surface area contributed by atoms with Crippen molar-refractivity contribution in [2.45, 2.75) is 26.5 Å². The standard InChI is InChI=1S/C13H17N3O/c1-10(2)17-12-5-3-11(4-6-12)9-16-8-7-15-13(16)14/h3-8,10H,9H2,1-2H3,(H2,14,15). The average molecular weight is 231 g/mol. The molecule has 4 nitrogen and oxygen atoms in total. The van der Waals surface area contributed by atoms with Crippen molar-refractivity contribution in [1.29, 1.82) is 0 Å². The minimum Gasteiger partial charge on any atom is -0.491 e. The Morgan fingerprint density at radius 3 is 2.53 bits per heavy atom. The Kier molecular flexibility index (Phi) is 3.32. The number of ether oxygens (including phenoxy) is 1. The van der Waals surface area contributed by atoms with E-state index in [0.29, 0.717) is 5.95 Å². The van der Waals surface area contributed by atoms with Crippen LogP contribution in [0.2, 0.25) is 0 Å². The van der Waals surface area contributed by atoms with Gasteiger partial charge in [0, 0.05) is 12.4 Å². The maximum Gasteiger partial charge on any atom is 0.200 e. The Morgan fingerprint density at radius 2 is 2.00 bits per heavy atom. The van der Waals surface area contributed by atoms with Crippen molar-refractivity contribution in [3.05, 3.63) is 42.2 Å². The highest BCUT2D eigenvalue weighted by Gasteiger charge is 2.01. The fourth-order valence-corrected chi connectivity index (χ4v) is 1.62. The lowest BCUT2D eigenvalue weighted by atomic mass is 10.2. The topological polar surface area (TPSA) is 53.1 Å². The predicted octanol–water partition coefficient (Wildman–Crippen LogP) is 2.30. The van der Waals surface area contributed by atoms with Crippen molar-refractivity contribution in [2.24, 2.45) is 0 Å². The molecule has 1 heterocycles. The molecule has 0 spiro atoms. The van der Waals surface area contributed by atoms with Crippen LogP contribution in [0.4, 0.5) is 5.95 Å². The van der Waals surface area contributed by atoms with E-state index in [1.165, 1.54) is 5.56 Å². The van der Waals surface area contributed by atoms with Gasteiger partial charge in [0.25, 0.3) is 0 Å². The third-order valence-electron chi connectivity index (χ3n) is 2.40. The molecule has 0 saturated carbocycles. The molecule has 0 amide bonds. The van der Waals surface area contributed by atoms with E-state index in [0.717, 1.165) is 12.3 Å². The maximum atomic E-state index is 5.71. The second kappa shape index (κ2) is 4.91. The summed E-state index contributed by atoms with van der Waals surface area (Å²) in [5.41, 5.74) is 6.88. The second-order valence-corrected chi connectivity index (χ2v) is 4.22. The number of aromatic nitrogens is 2. The summed E-state index contributed by atoms with van der Waals surface area (Å²) < 4.78 is 7.49. The molecule has 17 heavy (non-hydrogen) atoms. The van der Waals surface area contributed by atoms with Gasteiger partial charge in [-0.25, -0.2) is 4.98 Å². The van der Waals surface area contributed by atoms with Gasteiger partial charge >= 0.3 is 0 Å². The second-order valence-electron chi connectivity index (χ2n) is 4.22. The Bertz CT molecular complexity index is 474. The molecule has 0 radical (unpaired) electrons. The van der Waals surface area contributed by atoms with Gasteiger partial charge in [-0.1, -0.05) is 12.1 Å². The van der Waals surface area contributed by atoms with Crippen molar-refractivity contribution < 1.29 is 4.74 Å². The first kappa shape index (κ1) is 11.5. The van der Waals surface area contributed by atoms with Gasteiger partial charge in [0.05, 0.1) is 12.6 Å². The van der Waals surface area contributed by atoms with Gasteiger partial charge < -0.3 is 15.0 Å².